The van der Waals surface area contributed by atoms with Gasteiger partial charge in [-0.2, -0.15) is 0 Å². The van der Waals surface area contributed by atoms with E-state index in [4.69, 9.17) is 0 Å². The third-order valence-corrected chi connectivity index (χ3v) is 7.18. The molecule has 1 aromatic heterocycles. The summed E-state index contributed by atoms with van der Waals surface area (Å²) in [4.78, 5) is 21.1. The van der Waals surface area contributed by atoms with E-state index in [1.165, 1.54) is 54.6 Å². The van der Waals surface area contributed by atoms with Gasteiger partial charge < -0.3 is 10.2 Å². The van der Waals surface area contributed by atoms with Crippen LogP contribution in [0, 0.1) is 0 Å². The molecular weight excluding hydrogens is 420 g/mol. The van der Waals surface area contributed by atoms with Crippen LogP contribution >= 0.6 is 0 Å². The molecule has 176 valence electrons. The lowest BCUT2D eigenvalue weighted by Gasteiger charge is -2.39. The van der Waals surface area contributed by atoms with Gasteiger partial charge in [0.1, 0.15) is 0 Å². The second-order valence-electron chi connectivity index (χ2n) is 9.71. The molecule has 5 heteroatoms. The van der Waals surface area contributed by atoms with Crippen molar-refractivity contribution < 1.29 is 4.79 Å². The number of piperidine rings is 1. The number of aromatic nitrogens is 1. The molecular formula is C29H34N4O. The zero-order valence-corrected chi connectivity index (χ0v) is 20.2. The van der Waals surface area contributed by atoms with Gasteiger partial charge in [-0.25, -0.2) is 0 Å². The predicted molar refractivity (Wildman–Crippen MR) is 139 cm³/mol. The van der Waals surface area contributed by atoms with Crippen molar-refractivity contribution in [3.8, 4) is 11.1 Å². The van der Waals surface area contributed by atoms with Crippen LogP contribution in [-0.4, -0.2) is 34.9 Å². The summed E-state index contributed by atoms with van der Waals surface area (Å²) in [5.74, 6) is 0.0888. The minimum Gasteiger partial charge on any atom is -0.378 e. The Kier molecular flexibility index (Phi) is 6.63. The molecule has 2 aromatic carbocycles. The molecule has 0 saturated carbocycles. The highest BCUT2D eigenvalue weighted by molar-refractivity contribution is 5.94. The van der Waals surface area contributed by atoms with Gasteiger partial charge in [-0.3, -0.25) is 14.7 Å². The molecule has 0 radical (unpaired) electrons. The van der Waals surface area contributed by atoms with Gasteiger partial charge in [-0.1, -0.05) is 36.8 Å². The number of benzene rings is 2. The van der Waals surface area contributed by atoms with Crippen LogP contribution in [0.5, 0.6) is 0 Å². The molecule has 2 atom stereocenters. The Labute approximate surface area is 202 Å². The number of pyridine rings is 1. The first kappa shape index (κ1) is 22.6. The lowest BCUT2D eigenvalue weighted by molar-refractivity contribution is -0.117. The molecule has 3 aromatic rings. The molecule has 0 aliphatic carbocycles. The molecule has 34 heavy (non-hydrogen) atoms. The molecule has 3 heterocycles. The Morgan fingerprint density at radius 1 is 0.971 bits per heavy atom. The van der Waals surface area contributed by atoms with Crippen LogP contribution < -0.4 is 10.2 Å². The van der Waals surface area contributed by atoms with Crippen molar-refractivity contribution in [2.45, 2.75) is 58.2 Å². The number of hydrogen-bond acceptors (Lipinski definition) is 4. The van der Waals surface area contributed by atoms with Crippen LogP contribution in [0.4, 0.5) is 11.4 Å². The first-order chi connectivity index (χ1) is 16.6. The van der Waals surface area contributed by atoms with E-state index < -0.39 is 0 Å². The van der Waals surface area contributed by atoms with E-state index in [-0.39, 0.29) is 18.0 Å². The van der Waals surface area contributed by atoms with Crippen molar-refractivity contribution >= 4 is 17.3 Å². The maximum atomic E-state index is 12.5. The summed E-state index contributed by atoms with van der Waals surface area (Å²) in [5.41, 5.74) is 6.98. The number of likely N-dealkylation sites (tertiary alicyclic amines) is 1. The van der Waals surface area contributed by atoms with Gasteiger partial charge in [0.2, 0.25) is 5.91 Å². The highest BCUT2D eigenvalue weighted by atomic mass is 16.2. The van der Waals surface area contributed by atoms with Gasteiger partial charge in [0.05, 0.1) is 6.04 Å². The van der Waals surface area contributed by atoms with E-state index in [2.05, 4.69) is 64.6 Å². The lowest BCUT2D eigenvalue weighted by atomic mass is 9.88. The van der Waals surface area contributed by atoms with Crippen molar-refractivity contribution in [1.29, 1.82) is 0 Å². The van der Waals surface area contributed by atoms with Crippen molar-refractivity contribution in [3.63, 3.8) is 0 Å². The molecule has 1 fully saturated rings. The summed E-state index contributed by atoms with van der Waals surface area (Å²) in [5, 5.41) is 3.68. The van der Waals surface area contributed by atoms with Gasteiger partial charge in [-0.15, -0.1) is 0 Å². The second-order valence-corrected chi connectivity index (χ2v) is 9.71. The summed E-state index contributed by atoms with van der Waals surface area (Å²) < 4.78 is 0. The van der Waals surface area contributed by atoms with E-state index in [9.17, 15) is 4.79 Å². The van der Waals surface area contributed by atoms with E-state index in [0.29, 0.717) is 0 Å². The Hall–Kier alpha value is -3.18. The quantitative estimate of drug-likeness (QED) is 0.511. The number of rotatable bonds is 5. The third kappa shape index (κ3) is 4.85. The van der Waals surface area contributed by atoms with Crippen LogP contribution in [0.2, 0.25) is 0 Å². The van der Waals surface area contributed by atoms with E-state index in [1.807, 2.05) is 17.0 Å². The number of carbonyl (C=O) groups is 1. The van der Waals surface area contributed by atoms with Gasteiger partial charge >= 0.3 is 0 Å². The maximum Gasteiger partial charge on any atom is 0.224 e. The number of anilines is 2. The number of hydrogen-bond donors (Lipinski definition) is 1. The number of carbonyl (C=O) groups excluding carboxylic acids is 1. The van der Waals surface area contributed by atoms with Crippen molar-refractivity contribution in [2.75, 3.05) is 23.3 Å². The monoisotopic (exact) mass is 454 g/mol. The van der Waals surface area contributed by atoms with Crippen molar-refractivity contribution in [1.82, 2.24) is 9.88 Å². The number of nitrogens with one attached hydrogen (secondary N) is 1. The van der Waals surface area contributed by atoms with Crippen LogP contribution in [-0.2, 0) is 11.3 Å². The highest BCUT2D eigenvalue weighted by Crippen LogP contribution is 2.41. The van der Waals surface area contributed by atoms with Crippen LogP contribution in [0.3, 0.4) is 0 Å². The highest BCUT2D eigenvalue weighted by Gasteiger charge is 2.32. The molecule has 5 rings (SSSR count). The maximum absolute atomic E-state index is 12.5. The predicted octanol–water partition coefficient (Wildman–Crippen LogP) is 6.03. The molecule has 1 N–H and O–H groups in total. The minimum atomic E-state index is 0.0888. The SMILES string of the molecule is CC(=O)N1c2ccc(-c3ccc(CN4CCCCC4)cc3)cc2[C@H](Nc2ccncc2)C[C@@H]1C. The topological polar surface area (TPSA) is 48.5 Å². The summed E-state index contributed by atoms with van der Waals surface area (Å²) in [7, 11) is 0. The van der Waals surface area contributed by atoms with E-state index >= 15 is 0 Å². The fraction of sp³-hybridized carbons (Fsp3) is 0.379. The van der Waals surface area contributed by atoms with Crippen LogP contribution in [0.25, 0.3) is 11.1 Å². The Balaban J connectivity index is 1.43. The largest absolute Gasteiger partial charge is 0.378 e. The zero-order chi connectivity index (χ0) is 23.5. The van der Waals surface area contributed by atoms with E-state index in [0.717, 1.165) is 24.3 Å². The Bertz CT molecular complexity index is 1120. The van der Waals surface area contributed by atoms with Gasteiger partial charge in [0.25, 0.3) is 0 Å². The average molecular weight is 455 g/mol. The van der Waals surface area contributed by atoms with E-state index in [1.54, 1.807) is 19.3 Å². The molecule has 0 bridgehead atoms. The first-order valence-electron chi connectivity index (χ1n) is 12.5. The van der Waals surface area contributed by atoms with Crippen LogP contribution in [0.15, 0.2) is 67.0 Å². The Morgan fingerprint density at radius 3 is 2.38 bits per heavy atom. The standard InChI is InChI=1S/C29H34N4O/c1-21-18-28(31-26-12-14-30-15-13-26)27-19-25(10-11-29(27)33(21)22(2)34)24-8-6-23(7-9-24)20-32-16-4-3-5-17-32/h6-15,19,21,28H,3-5,16-18,20H2,1-2H3,(H,30,31)/t21-,28+/m0/s1. The van der Waals surface area contributed by atoms with Crippen LogP contribution in [0.1, 0.15) is 56.7 Å². The first-order valence-corrected chi connectivity index (χ1v) is 12.5. The molecule has 2 aliphatic heterocycles. The van der Waals surface area contributed by atoms with Gasteiger partial charge in [0, 0.05) is 43.3 Å². The second kappa shape index (κ2) is 9.98. The molecule has 5 nitrogen and oxygen atoms in total. The smallest absolute Gasteiger partial charge is 0.224 e. The number of nitrogens with zero attached hydrogens (tertiary/aromatic N) is 3. The summed E-state index contributed by atoms with van der Waals surface area (Å²) in [6, 6.07) is 19.8. The van der Waals surface area contributed by atoms with Gasteiger partial charge in [0.15, 0.2) is 0 Å². The molecule has 2 aliphatic rings. The fourth-order valence-corrected chi connectivity index (χ4v) is 5.49. The summed E-state index contributed by atoms with van der Waals surface area (Å²) >= 11 is 0. The zero-order valence-electron chi connectivity index (χ0n) is 20.2. The number of fused-ring (bicyclic) bond motifs is 1. The average Bonchev–Trinajstić information content (AvgIpc) is 2.85. The summed E-state index contributed by atoms with van der Waals surface area (Å²) in [6.07, 6.45) is 8.46. The minimum absolute atomic E-state index is 0.0888. The number of amides is 1. The fourth-order valence-electron chi connectivity index (χ4n) is 5.49. The third-order valence-electron chi connectivity index (χ3n) is 7.18. The molecule has 0 unspecified atom stereocenters. The normalized spacial score (nSPS) is 20.6. The van der Waals surface area contributed by atoms with Crippen molar-refractivity contribution in [3.05, 3.63) is 78.1 Å². The van der Waals surface area contributed by atoms with Gasteiger partial charge in [-0.05, 0) is 85.8 Å². The molecule has 1 saturated heterocycles. The Morgan fingerprint density at radius 2 is 1.68 bits per heavy atom. The lowest BCUT2D eigenvalue weighted by Crippen LogP contribution is -2.43. The molecule has 0 spiro atoms. The molecule has 1 amide bonds. The van der Waals surface area contributed by atoms with Crippen molar-refractivity contribution in [2.24, 2.45) is 0 Å². The summed E-state index contributed by atoms with van der Waals surface area (Å²) in [6.45, 7) is 7.24.